The topological polar surface area (TPSA) is 79.7 Å². The van der Waals surface area contributed by atoms with Crippen LogP contribution in [0.25, 0.3) is 6.08 Å². The van der Waals surface area contributed by atoms with Gasteiger partial charge in [0.1, 0.15) is 18.4 Å². The van der Waals surface area contributed by atoms with Crippen molar-refractivity contribution in [3.05, 3.63) is 52.0 Å². The Labute approximate surface area is 155 Å². The molecule has 1 N–H and O–H groups in total. The number of carboxylic acids is 1. The maximum Gasteiger partial charge on any atom is 0.326 e. The van der Waals surface area contributed by atoms with E-state index in [-0.39, 0.29) is 5.91 Å². The van der Waals surface area contributed by atoms with E-state index >= 15 is 0 Å². The van der Waals surface area contributed by atoms with Gasteiger partial charge in [-0.25, -0.2) is 9.78 Å². The van der Waals surface area contributed by atoms with Crippen LogP contribution in [0.4, 0.5) is 0 Å². The highest BCUT2D eigenvalue weighted by atomic mass is 32.1. The second-order valence-electron chi connectivity index (χ2n) is 6.08. The molecule has 1 fully saturated rings. The van der Waals surface area contributed by atoms with Gasteiger partial charge >= 0.3 is 5.97 Å². The lowest BCUT2D eigenvalue weighted by atomic mass is 10.2. The summed E-state index contributed by atoms with van der Waals surface area (Å²) >= 11 is 1.59. The molecule has 136 valence electrons. The number of ether oxygens (including phenoxy) is 1. The second kappa shape index (κ2) is 8.14. The molecule has 1 aliphatic rings. The third-order valence-electron chi connectivity index (χ3n) is 4.17. The van der Waals surface area contributed by atoms with E-state index < -0.39 is 12.0 Å². The van der Waals surface area contributed by atoms with Crippen LogP contribution in [0.15, 0.2) is 35.7 Å². The average Bonchev–Trinajstić information content (AvgIpc) is 3.28. The molecule has 1 saturated heterocycles. The number of hydrogen-bond acceptors (Lipinski definition) is 5. The third kappa shape index (κ3) is 4.49. The Morgan fingerprint density at radius 3 is 2.81 bits per heavy atom. The average molecular weight is 372 g/mol. The first-order chi connectivity index (χ1) is 12.5. The number of hydrogen-bond donors (Lipinski definition) is 1. The van der Waals surface area contributed by atoms with Crippen LogP contribution in [0.3, 0.4) is 0 Å². The predicted octanol–water partition coefficient (Wildman–Crippen LogP) is 3.12. The van der Waals surface area contributed by atoms with Crippen LogP contribution >= 0.6 is 11.3 Å². The minimum Gasteiger partial charge on any atom is -0.487 e. The smallest absolute Gasteiger partial charge is 0.326 e. The van der Waals surface area contributed by atoms with Gasteiger partial charge in [-0.2, -0.15) is 0 Å². The summed E-state index contributed by atoms with van der Waals surface area (Å²) in [5, 5.41) is 12.1. The quantitative estimate of drug-likeness (QED) is 0.788. The SMILES string of the molecule is Cc1nc(COc2ccc(/C=C/C(=O)N3CCC[C@@H]3C(=O)O)cc2)cs1. The van der Waals surface area contributed by atoms with Crippen molar-refractivity contribution in [1.82, 2.24) is 9.88 Å². The zero-order chi connectivity index (χ0) is 18.5. The van der Waals surface area contributed by atoms with Crippen molar-refractivity contribution in [2.24, 2.45) is 0 Å². The van der Waals surface area contributed by atoms with Crippen LogP contribution < -0.4 is 4.74 Å². The first-order valence-corrected chi connectivity index (χ1v) is 9.26. The number of carboxylic acid groups (broad SMARTS) is 1. The van der Waals surface area contributed by atoms with E-state index in [1.807, 2.05) is 36.6 Å². The van der Waals surface area contributed by atoms with Gasteiger partial charge < -0.3 is 14.7 Å². The fraction of sp³-hybridized carbons (Fsp3) is 0.316. The molecule has 0 radical (unpaired) electrons. The Hall–Kier alpha value is -2.67. The number of rotatable bonds is 6. The molecule has 0 unspecified atom stereocenters. The van der Waals surface area contributed by atoms with Gasteiger partial charge in [0.15, 0.2) is 0 Å². The number of aliphatic carboxylic acids is 1. The molecule has 3 rings (SSSR count). The van der Waals surface area contributed by atoms with Crippen molar-refractivity contribution >= 4 is 29.3 Å². The second-order valence-corrected chi connectivity index (χ2v) is 7.14. The molecule has 1 atom stereocenters. The summed E-state index contributed by atoms with van der Waals surface area (Å²) in [7, 11) is 0. The van der Waals surface area contributed by atoms with Crippen LogP contribution in [0.2, 0.25) is 0 Å². The van der Waals surface area contributed by atoms with Gasteiger partial charge in [-0.3, -0.25) is 4.79 Å². The van der Waals surface area contributed by atoms with Crippen molar-refractivity contribution < 1.29 is 19.4 Å². The van der Waals surface area contributed by atoms with E-state index in [0.717, 1.165) is 28.4 Å². The number of carbonyl (C=O) groups is 2. The number of aryl methyl sites for hydroxylation is 1. The zero-order valence-electron chi connectivity index (χ0n) is 14.4. The van der Waals surface area contributed by atoms with E-state index in [1.54, 1.807) is 17.4 Å². The lowest BCUT2D eigenvalue weighted by Gasteiger charge is -2.19. The molecule has 0 saturated carbocycles. The Bertz CT molecular complexity index is 813. The van der Waals surface area contributed by atoms with Crippen LogP contribution in [-0.4, -0.2) is 39.5 Å². The lowest BCUT2D eigenvalue weighted by Crippen LogP contribution is -2.39. The van der Waals surface area contributed by atoms with E-state index in [0.29, 0.717) is 19.6 Å². The molecule has 26 heavy (non-hydrogen) atoms. The van der Waals surface area contributed by atoms with Crippen LogP contribution in [0.5, 0.6) is 5.75 Å². The van der Waals surface area contributed by atoms with Crippen molar-refractivity contribution in [2.75, 3.05) is 6.54 Å². The van der Waals surface area contributed by atoms with Crippen molar-refractivity contribution in [3.63, 3.8) is 0 Å². The number of thiazole rings is 1. The fourth-order valence-corrected chi connectivity index (χ4v) is 3.45. The van der Waals surface area contributed by atoms with Gasteiger partial charge in [-0.1, -0.05) is 12.1 Å². The van der Waals surface area contributed by atoms with Crippen LogP contribution in [0, 0.1) is 6.92 Å². The van der Waals surface area contributed by atoms with Crippen molar-refractivity contribution in [3.8, 4) is 5.75 Å². The van der Waals surface area contributed by atoms with E-state index in [9.17, 15) is 9.59 Å². The van der Waals surface area contributed by atoms with Crippen molar-refractivity contribution in [2.45, 2.75) is 32.4 Å². The first kappa shape index (κ1) is 18.1. The third-order valence-corrected chi connectivity index (χ3v) is 5.00. The number of nitrogens with zero attached hydrogens (tertiary/aromatic N) is 2. The number of likely N-dealkylation sites (tertiary alicyclic amines) is 1. The zero-order valence-corrected chi connectivity index (χ0v) is 15.2. The molecular formula is C19H20N2O4S. The monoisotopic (exact) mass is 372 g/mol. The highest BCUT2D eigenvalue weighted by Crippen LogP contribution is 2.19. The Morgan fingerprint density at radius 2 is 2.15 bits per heavy atom. The Kier molecular flexibility index (Phi) is 5.68. The minimum absolute atomic E-state index is 0.269. The molecule has 0 bridgehead atoms. The van der Waals surface area contributed by atoms with Gasteiger partial charge in [0.05, 0.1) is 10.7 Å². The molecule has 6 nitrogen and oxygen atoms in total. The lowest BCUT2D eigenvalue weighted by molar-refractivity contribution is -0.146. The van der Waals surface area contributed by atoms with Gasteiger partial charge in [0.2, 0.25) is 5.91 Å². The van der Waals surface area contributed by atoms with E-state index in [2.05, 4.69) is 4.98 Å². The minimum atomic E-state index is -0.943. The normalized spacial score (nSPS) is 17.0. The molecule has 0 spiro atoms. The Balaban J connectivity index is 1.55. The highest BCUT2D eigenvalue weighted by Gasteiger charge is 2.32. The number of carbonyl (C=O) groups excluding carboxylic acids is 1. The van der Waals surface area contributed by atoms with Gasteiger partial charge in [-0.05, 0) is 43.5 Å². The summed E-state index contributed by atoms with van der Waals surface area (Å²) in [6.07, 6.45) is 4.35. The maximum atomic E-state index is 12.2. The maximum absolute atomic E-state index is 12.2. The fourth-order valence-electron chi connectivity index (χ4n) is 2.86. The number of amides is 1. The summed E-state index contributed by atoms with van der Waals surface area (Å²) in [5.41, 5.74) is 1.75. The number of aromatic nitrogens is 1. The Morgan fingerprint density at radius 1 is 1.38 bits per heavy atom. The predicted molar refractivity (Wildman–Crippen MR) is 99.0 cm³/mol. The largest absolute Gasteiger partial charge is 0.487 e. The van der Waals surface area contributed by atoms with Gasteiger partial charge in [0.25, 0.3) is 0 Å². The molecular weight excluding hydrogens is 352 g/mol. The summed E-state index contributed by atoms with van der Waals surface area (Å²) in [6.45, 7) is 2.87. The molecule has 1 aromatic heterocycles. The summed E-state index contributed by atoms with van der Waals surface area (Å²) in [5.74, 6) is -0.486. The van der Waals surface area contributed by atoms with Gasteiger partial charge in [-0.15, -0.1) is 11.3 Å². The van der Waals surface area contributed by atoms with E-state index in [1.165, 1.54) is 11.0 Å². The summed E-state index contributed by atoms with van der Waals surface area (Å²) in [4.78, 5) is 29.1. The first-order valence-electron chi connectivity index (χ1n) is 8.38. The molecule has 1 aliphatic heterocycles. The van der Waals surface area contributed by atoms with Crippen LogP contribution in [-0.2, 0) is 16.2 Å². The van der Waals surface area contributed by atoms with Gasteiger partial charge in [0, 0.05) is 18.0 Å². The molecule has 1 aromatic carbocycles. The van der Waals surface area contributed by atoms with Crippen molar-refractivity contribution in [1.29, 1.82) is 0 Å². The van der Waals surface area contributed by atoms with Crippen LogP contribution in [0.1, 0.15) is 29.1 Å². The molecule has 2 aromatic rings. The molecule has 0 aliphatic carbocycles. The summed E-state index contributed by atoms with van der Waals surface area (Å²) < 4.78 is 5.69. The summed E-state index contributed by atoms with van der Waals surface area (Å²) in [6, 6.07) is 6.66. The van der Waals surface area contributed by atoms with E-state index in [4.69, 9.17) is 9.84 Å². The standard InChI is InChI=1S/C19H20N2O4S/c1-13-20-15(12-26-13)11-25-16-7-4-14(5-8-16)6-9-18(22)21-10-2-3-17(21)19(23)24/h4-9,12,17H,2-3,10-11H2,1H3,(H,23,24)/b9-6+/t17-/m1/s1. The highest BCUT2D eigenvalue weighted by molar-refractivity contribution is 7.09. The number of benzene rings is 1. The molecule has 1 amide bonds. The molecule has 2 heterocycles. The molecule has 7 heteroatoms.